The lowest BCUT2D eigenvalue weighted by Crippen LogP contribution is -2.39. The predicted octanol–water partition coefficient (Wildman–Crippen LogP) is 3.25. The number of aliphatic hydroxyl groups is 1. The molecule has 0 saturated carbocycles. The number of aliphatic imine (C=N–C) groups is 1. The van der Waals surface area contributed by atoms with E-state index in [0.29, 0.717) is 18.9 Å². The van der Waals surface area contributed by atoms with Crippen LogP contribution in [0.15, 0.2) is 22.5 Å². The summed E-state index contributed by atoms with van der Waals surface area (Å²) < 4.78 is 4.62. The number of hydrogen-bond acceptors (Lipinski definition) is 5. The topological polar surface area (TPSA) is 83.0 Å². The lowest BCUT2D eigenvalue weighted by Gasteiger charge is -2.20. The smallest absolute Gasteiger partial charge is 0.305 e. The van der Waals surface area contributed by atoms with Crippen LogP contribution in [0.5, 0.6) is 0 Å². The van der Waals surface area contributed by atoms with Crippen LogP contribution in [0.25, 0.3) is 0 Å². The van der Waals surface area contributed by atoms with E-state index < -0.39 is 5.60 Å². The molecule has 0 aliphatic heterocycles. The zero-order valence-corrected chi connectivity index (χ0v) is 19.1. The Balaban J connectivity index is 0.00000625. The molecule has 1 rings (SSSR count). The minimum atomic E-state index is -0.954. The molecule has 1 heterocycles. The number of rotatable bonds is 11. The highest BCUT2D eigenvalue weighted by atomic mass is 127. The average Bonchev–Trinajstić information content (AvgIpc) is 3.14. The molecule has 0 fully saturated rings. The van der Waals surface area contributed by atoms with E-state index in [2.05, 4.69) is 20.4 Å². The summed E-state index contributed by atoms with van der Waals surface area (Å²) in [5.74, 6) is 0.575. The monoisotopic (exact) mass is 497 g/mol. The fraction of sp³-hybridized carbons (Fsp3) is 0.667. The molecule has 0 aromatic carbocycles. The quantitative estimate of drug-likeness (QED) is 0.144. The SMILES string of the molecule is CCNC(=NCC(C)(O)c1cccs1)NCCCCCCC(=O)OC.I. The van der Waals surface area contributed by atoms with Gasteiger partial charge in [0.25, 0.3) is 0 Å². The van der Waals surface area contributed by atoms with Crippen molar-refractivity contribution in [1.82, 2.24) is 10.6 Å². The van der Waals surface area contributed by atoms with E-state index in [1.54, 1.807) is 6.92 Å². The summed E-state index contributed by atoms with van der Waals surface area (Å²) in [5, 5.41) is 19.0. The summed E-state index contributed by atoms with van der Waals surface area (Å²) in [5.41, 5.74) is -0.954. The van der Waals surface area contributed by atoms with Crippen molar-refractivity contribution in [3.8, 4) is 0 Å². The van der Waals surface area contributed by atoms with E-state index in [0.717, 1.165) is 43.6 Å². The average molecular weight is 497 g/mol. The maximum absolute atomic E-state index is 11.0. The first kappa shape index (κ1) is 25.1. The lowest BCUT2D eigenvalue weighted by molar-refractivity contribution is -0.140. The van der Waals surface area contributed by atoms with Gasteiger partial charge >= 0.3 is 5.97 Å². The number of guanidine groups is 1. The van der Waals surface area contributed by atoms with Crippen molar-refractivity contribution in [3.05, 3.63) is 22.4 Å². The maximum atomic E-state index is 11.0. The summed E-state index contributed by atoms with van der Waals surface area (Å²) in [4.78, 5) is 16.4. The predicted molar refractivity (Wildman–Crippen MR) is 118 cm³/mol. The van der Waals surface area contributed by atoms with Crippen LogP contribution in [0.3, 0.4) is 0 Å². The molecular formula is C18H32IN3O3S. The van der Waals surface area contributed by atoms with Crippen LogP contribution in [0.2, 0.25) is 0 Å². The molecule has 0 aliphatic rings. The fourth-order valence-electron chi connectivity index (χ4n) is 2.29. The number of ether oxygens (including phenoxy) is 1. The second kappa shape index (κ2) is 14.2. The highest BCUT2D eigenvalue weighted by Gasteiger charge is 2.23. The van der Waals surface area contributed by atoms with Crippen LogP contribution in [0.4, 0.5) is 0 Å². The molecule has 0 radical (unpaired) electrons. The summed E-state index contributed by atoms with van der Waals surface area (Å²) in [7, 11) is 1.42. The number of carbonyl (C=O) groups is 1. The molecule has 1 aromatic rings. The Kier molecular flexibility index (Phi) is 13.7. The molecule has 150 valence electrons. The van der Waals surface area contributed by atoms with Gasteiger partial charge in [-0.1, -0.05) is 18.9 Å². The Morgan fingerprint density at radius 2 is 2.04 bits per heavy atom. The Morgan fingerprint density at radius 3 is 2.65 bits per heavy atom. The molecule has 26 heavy (non-hydrogen) atoms. The Labute approximate surface area is 177 Å². The van der Waals surface area contributed by atoms with Gasteiger partial charge in [-0.2, -0.15) is 0 Å². The van der Waals surface area contributed by atoms with Gasteiger partial charge in [0.05, 0.1) is 13.7 Å². The highest BCUT2D eigenvalue weighted by Crippen LogP contribution is 2.25. The van der Waals surface area contributed by atoms with E-state index in [1.807, 2.05) is 24.4 Å². The zero-order chi connectivity index (χ0) is 18.5. The van der Waals surface area contributed by atoms with Crippen molar-refractivity contribution in [1.29, 1.82) is 0 Å². The first-order valence-electron chi connectivity index (χ1n) is 8.85. The van der Waals surface area contributed by atoms with Gasteiger partial charge in [-0.05, 0) is 38.1 Å². The minimum Gasteiger partial charge on any atom is -0.469 e. The fourth-order valence-corrected chi connectivity index (χ4v) is 3.07. The second-order valence-electron chi connectivity index (χ2n) is 6.11. The largest absolute Gasteiger partial charge is 0.469 e. The van der Waals surface area contributed by atoms with Gasteiger partial charge in [0.1, 0.15) is 5.60 Å². The zero-order valence-electron chi connectivity index (χ0n) is 15.9. The minimum absolute atomic E-state index is 0. The van der Waals surface area contributed by atoms with Gasteiger partial charge in [-0.15, -0.1) is 35.3 Å². The number of methoxy groups -OCH3 is 1. The van der Waals surface area contributed by atoms with Gasteiger partial charge in [-0.3, -0.25) is 4.79 Å². The van der Waals surface area contributed by atoms with Crippen molar-refractivity contribution in [2.45, 2.75) is 51.6 Å². The van der Waals surface area contributed by atoms with Crippen molar-refractivity contribution < 1.29 is 14.6 Å². The first-order chi connectivity index (χ1) is 12.0. The van der Waals surface area contributed by atoms with Crippen LogP contribution in [0.1, 0.15) is 50.8 Å². The molecule has 0 amide bonds. The summed E-state index contributed by atoms with van der Waals surface area (Å²) in [6, 6.07) is 3.86. The summed E-state index contributed by atoms with van der Waals surface area (Å²) >= 11 is 1.53. The Morgan fingerprint density at radius 1 is 1.31 bits per heavy atom. The van der Waals surface area contributed by atoms with Crippen LogP contribution >= 0.6 is 35.3 Å². The van der Waals surface area contributed by atoms with Crippen molar-refractivity contribution in [2.75, 3.05) is 26.7 Å². The molecule has 0 spiro atoms. The van der Waals surface area contributed by atoms with E-state index in [-0.39, 0.29) is 29.9 Å². The molecule has 8 heteroatoms. The number of esters is 1. The van der Waals surface area contributed by atoms with E-state index in [4.69, 9.17) is 0 Å². The van der Waals surface area contributed by atoms with Crippen LogP contribution in [-0.2, 0) is 15.1 Å². The number of halogens is 1. The highest BCUT2D eigenvalue weighted by molar-refractivity contribution is 14.0. The van der Waals surface area contributed by atoms with Gasteiger partial charge in [0.2, 0.25) is 0 Å². The van der Waals surface area contributed by atoms with Crippen LogP contribution in [-0.4, -0.2) is 43.8 Å². The third kappa shape index (κ3) is 10.3. The molecular weight excluding hydrogens is 465 g/mol. The van der Waals surface area contributed by atoms with Crippen molar-refractivity contribution in [2.24, 2.45) is 4.99 Å². The molecule has 6 nitrogen and oxygen atoms in total. The van der Waals surface area contributed by atoms with Gasteiger partial charge < -0.3 is 20.5 Å². The first-order valence-corrected chi connectivity index (χ1v) is 9.73. The Hall–Kier alpha value is -0.870. The van der Waals surface area contributed by atoms with Gasteiger partial charge in [-0.25, -0.2) is 4.99 Å². The van der Waals surface area contributed by atoms with Crippen LogP contribution < -0.4 is 10.6 Å². The number of thiophene rings is 1. The molecule has 3 N–H and O–H groups in total. The molecule has 1 atom stereocenters. The van der Waals surface area contributed by atoms with Crippen LogP contribution in [0, 0.1) is 0 Å². The van der Waals surface area contributed by atoms with E-state index in [1.165, 1.54) is 18.4 Å². The summed E-state index contributed by atoms with van der Waals surface area (Å²) in [6.07, 6.45) is 4.43. The third-order valence-corrected chi connectivity index (χ3v) is 4.89. The standard InChI is InChI=1S/C18H31N3O3S.HI/c1-4-19-17(20-12-8-6-5-7-11-16(22)24-3)21-14-18(2,23)15-10-9-13-25-15;/h9-10,13,23H,4-8,11-12,14H2,1-3H3,(H2,19,20,21);1H. The normalized spacial score (nSPS) is 13.5. The molecule has 0 saturated heterocycles. The summed E-state index contributed by atoms with van der Waals surface area (Å²) in [6.45, 7) is 5.69. The molecule has 0 aliphatic carbocycles. The second-order valence-corrected chi connectivity index (χ2v) is 7.06. The molecule has 0 bridgehead atoms. The number of unbranched alkanes of at least 4 members (excludes halogenated alkanes) is 3. The number of nitrogens with zero attached hydrogens (tertiary/aromatic N) is 1. The lowest BCUT2D eigenvalue weighted by atomic mass is 10.1. The molecule has 1 aromatic heterocycles. The maximum Gasteiger partial charge on any atom is 0.305 e. The number of hydrogen-bond donors (Lipinski definition) is 3. The van der Waals surface area contributed by atoms with Gasteiger partial charge in [0.15, 0.2) is 5.96 Å². The van der Waals surface area contributed by atoms with Crippen molar-refractivity contribution >= 4 is 47.2 Å². The van der Waals surface area contributed by atoms with Gasteiger partial charge in [0, 0.05) is 24.4 Å². The Bertz CT molecular complexity index is 522. The van der Waals surface area contributed by atoms with E-state index in [9.17, 15) is 9.90 Å². The van der Waals surface area contributed by atoms with Crippen molar-refractivity contribution in [3.63, 3.8) is 0 Å². The van der Waals surface area contributed by atoms with E-state index >= 15 is 0 Å². The number of nitrogens with one attached hydrogen (secondary N) is 2. The number of carbonyl (C=O) groups excluding carboxylic acids is 1. The third-order valence-electron chi connectivity index (χ3n) is 3.77. The molecule has 1 unspecified atom stereocenters.